The average molecular weight is 454 g/mol. The Morgan fingerprint density at radius 3 is 2.53 bits per heavy atom. The summed E-state index contributed by atoms with van der Waals surface area (Å²) in [5.41, 5.74) is -3.82. The van der Waals surface area contributed by atoms with Crippen LogP contribution < -0.4 is 5.32 Å². The smallest absolute Gasteiger partial charge is 0.321 e. The first kappa shape index (κ1) is 21.3. The number of aromatic amines is 1. The summed E-state index contributed by atoms with van der Waals surface area (Å²) in [6.07, 6.45) is -7.66. The molecule has 13 heteroatoms. The van der Waals surface area contributed by atoms with Crippen molar-refractivity contribution in [2.75, 3.05) is 5.32 Å². The number of carbonyl (C=O) groups excluding carboxylic acids is 1. The van der Waals surface area contributed by atoms with Crippen molar-refractivity contribution in [3.8, 4) is 11.3 Å². The third-order valence-electron chi connectivity index (χ3n) is 4.59. The van der Waals surface area contributed by atoms with Crippen LogP contribution in [0, 0.1) is 0 Å². The molecule has 4 rings (SSSR count). The van der Waals surface area contributed by atoms with Gasteiger partial charge >= 0.3 is 12.4 Å². The standard InChI is InChI=1S/C19H12F6N6O/c1-31-16(17(32)28-9-5-6-26-13(7-9)18(20,21)22)14(19(23,24)25)15(30-31)10-3-2-4-12-11(10)8-27-29-12/h2-8H,1H3,(H,27,29)(H,26,28,32). The number of halogens is 6. The molecule has 3 aromatic heterocycles. The van der Waals surface area contributed by atoms with Crippen LogP contribution in [-0.2, 0) is 19.4 Å². The third kappa shape index (κ3) is 3.76. The van der Waals surface area contributed by atoms with Gasteiger partial charge in [-0.2, -0.15) is 36.5 Å². The molecule has 2 N–H and O–H groups in total. The van der Waals surface area contributed by atoms with E-state index in [9.17, 15) is 31.1 Å². The van der Waals surface area contributed by atoms with E-state index in [-0.39, 0.29) is 11.3 Å². The molecule has 0 saturated carbocycles. The summed E-state index contributed by atoms with van der Waals surface area (Å²) in [6.45, 7) is 0. The quantitative estimate of drug-likeness (QED) is 0.441. The van der Waals surface area contributed by atoms with E-state index >= 15 is 0 Å². The van der Waals surface area contributed by atoms with Crippen LogP contribution in [0.1, 0.15) is 21.7 Å². The number of amides is 1. The lowest BCUT2D eigenvalue weighted by Crippen LogP contribution is -2.21. The van der Waals surface area contributed by atoms with Crippen molar-refractivity contribution in [1.82, 2.24) is 25.0 Å². The normalized spacial score (nSPS) is 12.3. The highest BCUT2D eigenvalue weighted by molar-refractivity contribution is 6.06. The lowest BCUT2D eigenvalue weighted by molar-refractivity contribution is -0.141. The molecule has 0 aliphatic carbocycles. The third-order valence-corrected chi connectivity index (χ3v) is 4.59. The molecule has 1 amide bonds. The molecule has 166 valence electrons. The second kappa shape index (κ2) is 7.35. The van der Waals surface area contributed by atoms with Gasteiger partial charge < -0.3 is 5.32 Å². The SMILES string of the molecule is Cn1nc(-c2cccc3[nH]ncc23)c(C(F)(F)F)c1C(=O)Nc1ccnc(C(F)(F)F)c1. The number of carbonyl (C=O) groups is 1. The Bertz CT molecular complexity index is 1320. The zero-order chi connectivity index (χ0) is 23.3. The maximum atomic E-state index is 14.0. The number of H-pyrrole nitrogens is 1. The molecule has 1 aromatic carbocycles. The number of nitrogens with zero attached hydrogens (tertiary/aromatic N) is 4. The van der Waals surface area contributed by atoms with Crippen molar-refractivity contribution < 1.29 is 31.1 Å². The fourth-order valence-electron chi connectivity index (χ4n) is 3.27. The Balaban J connectivity index is 1.82. The zero-order valence-electron chi connectivity index (χ0n) is 16.0. The monoisotopic (exact) mass is 454 g/mol. The van der Waals surface area contributed by atoms with Crippen LogP contribution in [0.4, 0.5) is 32.0 Å². The number of rotatable bonds is 3. The molecule has 32 heavy (non-hydrogen) atoms. The largest absolute Gasteiger partial charge is 0.433 e. The van der Waals surface area contributed by atoms with Crippen LogP contribution in [0.15, 0.2) is 42.7 Å². The number of fused-ring (bicyclic) bond motifs is 1. The molecule has 0 atom stereocenters. The lowest BCUT2D eigenvalue weighted by atomic mass is 10.0. The summed E-state index contributed by atoms with van der Waals surface area (Å²) in [4.78, 5) is 15.9. The van der Waals surface area contributed by atoms with Gasteiger partial charge in [0.25, 0.3) is 5.91 Å². The topological polar surface area (TPSA) is 88.5 Å². The first-order valence-electron chi connectivity index (χ1n) is 8.88. The molecule has 0 radical (unpaired) electrons. The zero-order valence-corrected chi connectivity index (χ0v) is 16.0. The predicted octanol–water partition coefficient (Wildman–Crippen LogP) is 4.65. The Kier molecular flexibility index (Phi) is 4.90. The van der Waals surface area contributed by atoms with Gasteiger partial charge in [0.05, 0.1) is 11.7 Å². The van der Waals surface area contributed by atoms with Gasteiger partial charge in [0.1, 0.15) is 22.6 Å². The number of nitrogens with one attached hydrogen (secondary N) is 2. The second-order valence-corrected chi connectivity index (χ2v) is 6.71. The summed E-state index contributed by atoms with van der Waals surface area (Å²) in [5.74, 6) is -1.28. The molecule has 3 heterocycles. The highest BCUT2D eigenvalue weighted by atomic mass is 19.4. The lowest BCUT2D eigenvalue weighted by Gasteiger charge is -2.12. The Labute approximate surface area is 175 Å². The number of alkyl halides is 6. The number of hydrogen-bond donors (Lipinski definition) is 2. The highest BCUT2D eigenvalue weighted by Crippen LogP contribution is 2.41. The van der Waals surface area contributed by atoms with Gasteiger partial charge in [-0.1, -0.05) is 12.1 Å². The van der Waals surface area contributed by atoms with E-state index in [1.54, 1.807) is 6.07 Å². The molecule has 0 bridgehead atoms. The molecular weight excluding hydrogens is 442 g/mol. The number of hydrogen-bond acceptors (Lipinski definition) is 4. The van der Waals surface area contributed by atoms with Gasteiger partial charge in [-0.25, -0.2) is 0 Å². The predicted molar refractivity (Wildman–Crippen MR) is 100 cm³/mol. The summed E-state index contributed by atoms with van der Waals surface area (Å²) < 4.78 is 81.4. The van der Waals surface area contributed by atoms with E-state index in [0.29, 0.717) is 17.0 Å². The molecule has 0 unspecified atom stereocenters. The fourth-order valence-corrected chi connectivity index (χ4v) is 3.27. The van der Waals surface area contributed by atoms with Crippen molar-refractivity contribution in [2.24, 2.45) is 7.05 Å². The van der Waals surface area contributed by atoms with Crippen LogP contribution in [0.25, 0.3) is 22.2 Å². The van der Waals surface area contributed by atoms with Gasteiger partial charge in [0.15, 0.2) is 0 Å². The summed E-state index contributed by atoms with van der Waals surface area (Å²) >= 11 is 0. The van der Waals surface area contributed by atoms with Gasteiger partial charge in [0.2, 0.25) is 0 Å². The van der Waals surface area contributed by atoms with Crippen LogP contribution in [-0.4, -0.2) is 30.9 Å². The van der Waals surface area contributed by atoms with Crippen LogP contribution in [0.5, 0.6) is 0 Å². The Hall–Kier alpha value is -3.90. The van der Waals surface area contributed by atoms with E-state index < -0.39 is 40.9 Å². The average Bonchev–Trinajstić information content (AvgIpc) is 3.31. The molecule has 7 nitrogen and oxygen atoms in total. The Morgan fingerprint density at radius 2 is 1.84 bits per heavy atom. The molecular formula is C19H12F6N6O. The first-order valence-corrected chi connectivity index (χ1v) is 8.88. The molecule has 0 saturated heterocycles. The molecule has 0 fully saturated rings. The van der Waals surface area contributed by atoms with Crippen molar-refractivity contribution in [3.63, 3.8) is 0 Å². The maximum Gasteiger partial charge on any atom is 0.433 e. The van der Waals surface area contributed by atoms with Gasteiger partial charge in [-0.05, 0) is 18.2 Å². The summed E-state index contributed by atoms with van der Waals surface area (Å²) in [6, 6.07) is 6.06. The number of aromatic nitrogens is 5. The van der Waals surface area contributed by atoms with Gasteiger partial charge in [-0.3, -0.25) is 19.6 Å². The van der Waals surface area contributed by atoms with E-state index in [2.05, 4.69) is 25.6 Å². The van der Waals surface area contributed by atoms with E-state index in [0.717, 1.165) is 24.0 Å². The minimum atomic E-state index is -4.99. The fraction of sp³-hybridized carbons (Fsp3) is 0.158. The molecule has 0 aliphatic heterocycles. The summed E-state index contributed by atoms with van der Waals surface area (Å²) in [5, 5.41) is 12.8. The minimum Gasteiger partial charge on any atom is -0.321 e. The van der Waals surface area contributed by atoms with Gasteiger partial charge in [-0.15, -0.1) is 0 Å². The van der Waals surface area contributed by atoms with E-state index in [1.165, 1.54) is 18.3 Å². The van der Waals surface area contributed by atoms with Crippen LogP contribution in [0.3, 0.4) is 0 Å². The molecule has 0 aliphatic rings. The Morgan fingerprint density at radius 1 is 1.09 bits per heavy atom. The highest BCUT2D eigenvalue weighted by Gasteiger charge is 2.42. The van der Waals surface area contributed by atoms with E-state index in [1.807, 2.05) is 0 Å². The maximum absolute atomic E-state index is 14.0. The molecule has 4 aromatic rings. The van der Waals surface area contributed by atoms with Crippen molar-refractivity contribution in [3.05, 3.63) is 59.7 Å². The van der Waals surface area contributed by atoms with Crippen molar-refractivity contribution in [1.29, 1.82) is 0 Å². The van der Waals surface area contributed by atoms with Crippen molar-refractivity contribution >= 4 is 22.5 Å². The first-order chi connectivity index (χ1) is 15.0. The van der Waals surface area contributed by atoms with Crippen molar-refractivity contribution in [2.45, 2.75) is 12.4 Å². The summed E-state index contributed by atoms with van der Waals surface area (Å²) in [7, 11) is 1.14. The number of aryl methyl sites for hydroxylation is 1. The number of pyridine rings is 1. The second-order valence-electron chi connectivity index (χ2n) is 6.71. The minimum absolute atomic E-state index is 0.0847. The number of benzene rings is 1. The van der Waals surface area contributed by atoms with E-state index in [4.69, 9.17) is 0 Å². The van der Waals surface area contributed by atoms with Gasteiger partial charge in [0, 0.05) is 29.9 Å². The number of anilines is 1. The molecule has 0 spiro atoms. The van der Waals surface area contributed by atoms with Crippen LogP contribution in [0.2, 0.25) is 0 Å². The van der Waals surface area contributed by atoms with Crippen LogP contribution >= 0.6 is 0 Å².